The van der Waals surface area contributed by atoms with E-state index in [2.05, 4.69) is 12.2 Å². The summed E-state index contributed by atoms with van der Waals surface area (Å²) in [5.74, 6) is -0.0640. The summed E-state index contributed by atoms with van der Waals surface area (Å²) in [5.41, 5.74) is 2.11. The second-order valence-corrected chi connectivity index (χ2v) is 6.68. The molecule has 0 saturated heterocycles. The van der Waals surface area contributed by atoms with Gasteiger partial charge in [0.25, 0.3) is 5.91 Å². The van der Waals surface area contributed by atoms with Crippen LogP contribution in [-0.2, 0) is 4.79 Å². The van der Waals surface area contributed by atoms with Crippen molar-refractivity contribution < 1.29 is 9.59 Å². The van der Waals surface area contributed by atoms with Gasteiger partial charge in [0.1, 0.15) is 0 Å². The number of carbonyl (C=O) groups excluding carboxylic acids is 2. The number of hydrogen-bond acceptors (Lipinski definition) is 2. The van der Waals surface area contributed by atoms with Gasteiger partial charge < -0.3 is 10.2 Å². The summed E-state index contributed by atoms with van der Waals surface area (Å²) in [5, 5.41) is 2.92. The lowest BCUT2D eigenvalue weighted by molar-refractivity contribution is -0.116. The number of anilines is 2. The van der Waals surface area contributed by atoms with E-state index in [9.17, 15) is 9.59 Å². The molecule has 0 atom stereocenters. The Morgan fingerprint density at radius 2 is 1.63 bits per heavy atom. The Labute approximate surface area is 162 Å². The zero-order valence-corrected chi connectivity index (χ0v) is 16.4. The largest absolute Gasteiger partial charge is 0.326 e. The topological polar surface area (TPSA) is 49.4 Å². The monoisotopic (exact) mass is 366 g/mol. The van der Waals surface area contributed by atoms with Crippen LogP contribution in [0.5, 0.6) is 0 Å². The van der Waals surface area contributed by atoms with E-state index in [0.717, 1.165) is 18.5 Å². The summed E-state index contributed by atoms with van der Waals surface area (Å²) in [4.78, 5) is 26.8. The van der Waals surface area contributed by atoms with Gasteiger partial charge in [-0.05, 0) is 43.7 Å². The third-order valence-corrected chi connectivity index (χ3v) is 4.53. The minimum absolute atomic E-state index is 0.00602. The molecule has 27 heavy (non-hydrogen) atoms. The molecule has 0 radical (unpaired) electrons. The number of carbonyl (C=O) groups is 2. The second-order valence-electron chi connectivity index (χ2n) is 6.68. The molecule has 1 N–H and O–H groups in total. The quantitative estimate of drug-likeness (QED) is 0.552. The highest BCUT2D eigenvalue weighted by Crippen LogP contribution is 2.19. The van der Waals surface area contributed by atoms with Gasteiger partial charge in [-0.25, -0.2) is 0 Å². The molecule has 0 aliphatic heterocycles. The predicted molar refractivity (Wildman–Crippen MR) is 112 cm³/mol. The number of amides is 2. The lowest BCUT2D eigenvalue weighted by Crippen LogP contribution is -2.30. The second kappa shape index (κ2) is 11.2. The van der Waals surface area contributed by atoms with Crippen molar-refractivity contribution in [2.75, 3.05) is 16.8 Å². The maximum Gasteiger partial charge on any atom is 0.258 e. The van der Waals surface area contributed by atoms with Crippen LogP contribution in [0, 0.1) is 0 Å². The standard InChI is InChI=1S/C23H30N2O2/c1-3-5-6-7-11-17-22(26)24-20-14-12-13-19(18-20)23(27)25(4-2)21-15-9-8-10-16-21/h8-10,12-16,18H,3-7,11,17H2,1-2H3,(H,24,26). The molecule has 0 saturated carbocycles. The highest BCUT2D eigenvalue weighted by Gasteiger charge is 2.16. The lowest BCUT2D eigenvalue weighted by Gasteiger charge is -2.21. The maximum atomic E-state index is 12.9. The van der Waals surface area contributed by atoms with Gasteiger partial charge in [-0.15, -0.1) is 0 Å². The van der Waals surface area contributed by atoms with Gasteiger partial charge in [0, 0.05) is 29.9 Å². The fourth-order valence-corrected chi connectivity index (χ4v) is 3.05. The van der Waals surface area contributed by atoms with Gasteiger partial charge in [0.2, 0.25) is 5.91 Å². The maximum absolute atomic E-state index is 12.9. The first-order valence-electron chi connectivity index (χ1n) is 9.92. The van der Waals surface area contributed by atoms with Crippen molar-refractivity contribution in [2.45, 2.75) is 52.4 Å². The number of nitrogens with one attached hydrogen (secondary N) is 1. The van der Waals surface area contributed by atoms with Gasteiger partial charge in [-0.3, -0.25) is 9.59 Å². The Kier molecular flexibility index (Phi) is 8.56. The van der Waals surface area contributed by atoms with Crippen LogP contribution in [0.1, 0.15) is 62.7 Å². The molecule has 0 bridgehead atoms. The van der Waals surface area contributed by atoms with E-state index in [1.165, 1.54) is 19.3 Å². The fraction of sp³-hybridized carbons (Fsp3) is 0.391. The van der Waals surface area contributed by atoms with E-state index in [1.807, 2.05) is 49.4 Å². The number of hydrogen-bond donors (Lipinski definition) is 1. The minimum Gasteiger partial charge on any atom is -0.326 e. The van der Waals surface area contributed by atoms with Gasteiger partial charge >= 0.3 is 0 Å². The van der Waals surface area contributed by atoms with E-state index in [0.29, 0.717) is 24.2 Å². The van der Waals surface area contributed by atoms with Crippen molar-refractivity contribution in [3.63, 3.8) is 0 Å². The van der Waals surface area contributed by atoms with Gasteiger partial charge in [-0.2, -0.15) is 0 Å². The molecule has 0 aliphatic rings. The van der Waals surface area contributed by atoms with Crippen molar-refractivity contribution in [3.8, 4) is 0 Å². The van der Waals surface area contributed by atoms with Gasteiger partial charge in [0.05, 0.1) is 0 Å². The predicted octanol–water partition coefficient (Wildman–Crippen LogP) is 5.65. The zero-order valence-electron chi connectivity index (χ0n) is 16.4. The first kappa shape index (κ1) is 20.7. The fourth-order valence-electron chi connectivity index (χ4n) is 3.05. The van der Waals surface area contributed by atoms with Crippen LogP contribution < -0.4 is 10.2 Å². The van der Waals surface area contributed by atoms with E-state index in [-0.39, 0.29) is 11.8 Å². The van der Waals surface area contributed by atoms with E-state index in [4.69, 9.17) is 0 Å². The molecule has 2 aromatic carbocycles. The average molecular weight is 367 g/mol. The van der Waals surface area contributed by atoms with Crippen LogP contribution in [0.3, 0.4) is 0 Å². The molecule has 2 amide bonds. The first-order valence-corrected chi connectivity index (χ1v) is 9.92. The number of nitrogens with zero attached hydrogens (tertiary/aromatic N) is 1. The Balaban J connectivity index is 1.97. The number of benzene rings is 2. The number of para-hydroxylation sites is 1. The molecule has 0 spiro atoms. The Bertz CT molecular complexity index is 728. The number of unbranched alkanes of at least 4 members (excludes halogenated alkanes) is 4. The molecular weight excluding hydrogens is 336 g/mol. The summed E-state index contributed by atoms with van der Waals surface area (Å²) < 4.78 is 0. The minimum atomic E-state index is -0.0700. The smallest absolute Gasteiger partial charge is 0.258 e. The van der Waals surface area contributed by atoms with Crippen molar-refractivity contribution in [1.82, 2.24) is 0 Å². The molecule has 0 aliphatic carbocycles. The normalized spacial score (nSPS) is 10.4. The van der Waals surface area contributed by atoms with Crippen molar-refractivity contribution >= 4 is 23.2 Å². The average Bonchev–Trinajstić information content (AvgIpc) is 2.69. The van der Waals surface area contributed by atoms with Gasteiger partial charge in [0.15, 0.2) is 0 Å². The lowest BCUT2D eigenvalue weighted by atomic mass is 10.1. The summed E-state index contributed by atoms with van der Waals surface area (Å²) in [6.45, 7) is 4.71. The molecule has 0 aromatic heterocycles. The molecule has 0 heterocycles. The molecule has 4 heteroatoms. The van der Waals surface area contributed by atoms with Crippen LogP contribution in [0.15, 0.2) is 54.6 Å². The van der Waals surface area contributed by atoms with Crippen LogP contribution in [-0.4, -0.2) is 18.4 Å². The highest BCUT2D eigenvalue weighted by molar-refractivity contribution is 6.07. The van der Waals surface area contributed by atoms with Crippen molar-refractivity contribution in [3.05, 3.63) is 60.2 Å². The summed E-state index contributed by atoms with van der Waals surface area (Å²) >= 11 is 0. The Morgan fingerprint density at radius 1 is 0.889 bits per heavy atom. The van der Waals surface area contributed by atoms with Crippen LogP contribution >= 0.6 is 0 Å². The zero-order chi connectivity index (χ0) is 19.5. The number of rotatable bonds is 10. The molecular formula is C23H30N2O2. The van der Waals surface area contributed by atoms with Crippen LogP contribution in [0.25, 0.3) is 0 Å². The Hall–Kier alpha value is -2.62. The molecule has 2 aromatic rings. The summed E-state index contributed by atoms with van der Waals surface area (Å²) in [6, 6.07) is 16.8. The van der Waals surface area contributed by atoms with Gasteiger partial charge in [-0.1, -0.05) is 56.9 Å². The van der Waals surface area contributed by atoms with Crippen LogP contribution in [0.4, 0.5) is 11.4 Å². The molecule has 4 nitrogen and oxygen atoms in total. The third-order valence-electron chi connectivity index (χ3n) is 4.53. The molecule has 0 fully saturated rings. The highest BCUT2D eigenvalue weighted by atomic mass is 16.2. The first-order chi connectivity index (χ1) is 13.2. The molecule has 144 valence electrons. The Morgan fingerprint density at radius 3 is 2.33 bits per heavy atom. The van der Waals surface area contributed by atoms with E-state index < -0.39 is 0 Å². The summed E-state index contributed by atoms with van der Waals surface area (Å²) in [6.07, 6.45) is 6.11. The van der Waals surface area contributed by atoms with E-state index in [1.54, 1.807) is 17.0 Å². The van der Waals surface area contributed by atoms with Crippen LogP contribution in [0.2, 0.25) is 0 Å². The summed E-state index contributed by atoms with van der Waals surface area (Å²) in [7, 11) is 0. The third kappa shape index (κ3) is 6.55. The van der Waals surface area contributed by atoms with Crippen molar-refractivity contribution in [1.29, 1.82) is 0 Å². The molecule has 2 rings (SSSR count). The van der Waals surface area contributed by atoms with Crippen molar-refractivity contribution in [2.24, 2.45) is 0 Å². The molecule has 0 unspecified atom stereocenters. The SMILES string of the molecule is CCCCCCCC(=O)Nc1cccc(C(=O)N(CC)c2ccccc2)c1. The van der Waals surface area contributed by atoms with E-state index >= 15 is 0 Å².